The fraction of sp³-hybridized carbons (Fsp3) is 0.440. The number of aromatic nitrogens is 1. The van der Waals surface area contributed by atoms with Crippen molar-refractivity contribution in [3.8, 4) is 0 Å². The van der Waals surface area contributed by atoms with E-state index in [1.807, 2.05) is 24.3 Å². The number of aliphatic carboxylic acids is 3. The first-order valence-electron chi connectivity index (χ1n) is 12.3. The lowest BCUT2D eigenvalue weighted by Crippen LogP contribution is -2.57. The number of carbonyl (C=O) groups is 6. The van der Waals surface area contributed by atoms with Crippen molar-refractivity contribution >= 4 is 58.3 Å². The average molecular weight is 580 g/mol. The van der Waals surface area contributed by atoms with Gasteiger partial charge in [0.15, 0.2) is 0 Å². The van der Waals surface area contributed by atoms with Gasteiger partial charge in [-0.25, -0.2) is 4.79 Å². The Morgan fingerprint density at radius 3 is 2.12 bits per heavy atom. The topological polar surface area (TPSA) is 241 Å². The van der Waals surface area contributed by atoms with E-state index in [2.05, 4.69) is 20.9 Å². The Morgan fingerprint density at radius 2 is 1.50 bits per heavy atom. The highest BCUT2D eigenvalue weighted by molar-refractivity contribution is 7.98. The molecule has 4 atom stereocenters. The lowest BCUT2D eigenvalue weighted by molar-refractivity contribution is -0.143. The molecule has 14 nitrogen and oxygen atoms in total. The number of nitrogens with two attached hydrogens (primary N) is 1. The molecule has 0 fully saturated rings. The van der Waals surface area contributed by atoms with Crippen LogP contribution in [0.25, 0.3) is 10.9 Å². The smallest absolute Gasteiger partial charge is 0.326 e. The van der Waals surface area contributed by atoms with Crippen molar-refractivity contribution in [1.82, 2.24) is 20.9 Å². The molecule has 0 bridgehead atoms. The maximum atomic E-state index is 13.0. The van der Waals surface area contributed by atoms with Gasteiger partial charge in [-0.2, -0.15) is 11.8 Å². The highest BCUT2D eigenvalue weighted by atomic mass is 32.2. The third kappa shape index (κ3) is 9.89. The van der Waals surface area contributed by atoms with Crippen molar-refractivity contribution in [2.24, 2.45) is 5.73 Å². The largest absolute Gasteiger partial charge is 0.481 e. The van der Waals surface area contributed by atoms with Gasteiger partial charge in [0.2, 0.25) is 17.7 Å². The molecule has 0 spiro atoms. The molecule has 0 radical (unpaired) electrons. The molecule has 1 heterocycles. The molecule has 3 amide bonds. The summed E-state index contributed by atoms with van der Waals surface area (Å²) < 4.78 is 0. The number of carboxylic acids is 3. The number of thioether (sulfide) groups is 1. The minimum Gasteiger partial charge on any atom is -0.481 e. The summed E-state index contributed by atoms with van der Waals surface area (Å²) in [5, 5.41) is 35.4. The molecule has 2 rings (SSSR count). The molecule has 1 aromatic heterocycles. The Bertz CT molecular complexity index is 1230. The van der Waals surface area contributed by atoms with Crippen LogP contribution >= 0.6 is 11.8 Å². The normalized spacial score (nSPS) is 13.9. The minimum absolute atomic E-state index is 0.0571. The predicted octanol–water partition coefficient (Wildman–Crippen LogP) is -0.331. The van der Waals surface area contributed by atoms with E-state index in [-0.39, 0.29) is 19.3 Å². The number of nitrogens with one attached hydrogen (secondary N) is 4. The zero-order valence-corrected chi connectivity index (χ0v) is 22.5. The van der Waals surface area contributed by atoms with Gasteiger partial charge in [0, 0.05) is 23.5 Å². The summed E-state index contributed by atoms with van der Waals surface area (Å²) in [6.07, 6.45) is 1.81. The molecule has 9 N–H and O–H groups in total. The summed E-state index contributed by atoms with van der Waals surface area (Å²) in [5.41, 5.74) is 7.65. The molecule has 0 aliphatic carbocycles. The zero-order valence-electron chi connectivity index (χ0n) is 21.7. The van der Waals surface area contributed by atoms with Gasteiger partial charge in [-0.15, -0.1) is 0 Å². The van der Waals surface area contributed by atoms with E-state index in [9.17, 15) is 39.0 Å². The molecular weight excluding hydrogens is 546 g/mol. The van der Waals surface area contributed by atoms with Crippen LogP contribution in [0.15, 0.2) is 30.5 Å². The Hall–Kier alpha value is -4.11. The van der Waals surface area contributed by atoms with Crippen LogP contribution < -0.4 is 21.7 Å². The van der Waals surface area contributed by atoms with Crippen molar-refractivity contribution in [3.63, 3.8) is 0 Å². The van der Waals surface area contributed by atoms with Gasteiger partial charge in [-0.1, -0.05) is 18.2 Å². The number of para-hydroxylation sites is 1. The van der Waals surface area contributed by atoms with Crippen LogP contribution in [0.2, 0.25) is 0 Å². The molecule has 0 saturated heterocycles. The standard InChI is InChI=1S/C25H33N5O9S/c1-40-9-8-18(25(38)39)29-24(37)19(11-21(33)34)30-23(36)17(6-7-20(31)32)28-22(35)15(26)10-13-12-27-16-5-3-2-4-14(13)16/h2-5,12,15,17-19,27H,6-11,26H2,1H3,(H,28,35)(H,29,37)(H,30,36)(H,31,32)(H,33,34)(H,38,39)/t15-,17-,18-,19-/m0/s1. The van der Waals surface area contributed by atoms with Gasteiger partial charge in [0.1, 0.15) is 18.1 Å². The maximum Gasteiger partial charge on any atom is 0.326 e. The van der Waals surface area contributed by atoms with Crippen molar-refractivity contribution in [3.05, 3.63) is 36.0 Å². The first-order chi connectivity index (χ1) is 18.9. The van der Waals surface area contributed by atoms with Crippen LogP contribution in [0.4, 0.5) is 0 Å². The molecule has 0 unspecified atom stereocenters. The van der Waals surface area contributed by atoms with Crippen molar-refractivity contribution in [2.45, 2.75) is 56.3 Å². The second kappa shape index (κ2) is 15.5. The van der Waals surface area contributed by atoms with Crippen molar-refractivity contribution < 1.29 is 44.1 Å². The number of aromatic amines is 1. The van der Waals surface area contributed by atoms with E-state index in [0.717, 1.165) is 16.5 Å². The molecule has 15 heteroatoms. The number of hydrogen-bond donors (Lipinski definition) is 8. The first kappa shape index (κ1) is 32.1. The molecular formula is C25H33N5O9S. The molecule has 0 aliphatic heterocycles. The van der Waals surface area contributed by atoms with E-state index in [1.54, 1.807) is 12.5 Å². The summed E-state index contributed by atoms with van der Waals surface area (Å²) in [5.74, 6) is -6.49. The lowest BCUT2D eigenvalue weighted by atomic mass is 10.0. The van der Waals surface area contributed by atoms with Gasteiger partial charge < -0.3 is 42.0 Å². The molecule has 0 aliphatic rings. The summed E-state index contributed by atoms with van der Waals surface area (Å²) in [7, 11) is 0. The number of H-pyrrole nitrogens is 1. The Kier molecular flexibility index (Phi) is 12.4. The van der Waals surface area contributed by atoms with Crippen LogP contribution in [0.1, 0.15) is 31.2 Å². The number of amides is 3. The number of rotatable bonds is 17. The second-order valence-corrected chi connectivity index (χ2v) is 9.99. The maximum absolute atomic E-state index is 13.0. The van der Waals surface area contributed by atoms with E-state index in [1.165, 1.54) is 11.8 Å². The summed E-state index contributed by atoms with van der Waals surface area (Å²) in [6.45, 7) is 0. The monoisotopic (exact) mass is 579 g/mol. The zero-order chi connectivity index (χ0) is 29.8. The minimum atomic E-state index is -1.69. The van der Waals surface area contributed by atoms with Crippen LogP contribution in [0, 0.1) is 0 Å². The average Bonchev–Trinajstić information content (AvgIpc) is 3.30. The van der Waals surface area contributed by atoms with Crippen molar-refractivity contribution in [1.29, 1.82) is 0 Å². The fourth-order valence-corrected chi connectivity index (χ4v) is 4.34. The molecule has 1 aromatic carbocycles. The second-order valence-electron chi connectivity index (χ2n) is 9.00. The van der Waals surface area contributed by atoms with E-state index < -0.39 is 72.6 Å². The third-order valence-corrected chi connectivity index (χ3v) is 6.61. The highest BCUT2D eigenvalue weighted by Gasteiger charge is 2.32. The summed E-state index contributed by atoms with van der Waals surface area (Å²) in [6, 6.07) is 1.76. The number of hydrogen-bond acceptors (Lipinski definition) is 8. The van der Waals surface area contributed by atoms with Crippen LogP contribution in [-0.4, -0.2) is 92.1 Å². The quantitative estimate of drug-likeness (QED) is 0.121. The van der Waals surface area contributed by atoms with Crippen molar-refractivity contribution in [2.75, 3.05) is 12.0 Å². The Balaban J connectivity index is 2.15. The first-order valence-corrected chi connectivity index (χ1v) is 13.7. The lowest BCUT2D eigenvalue weighted by Gasteiger charge is -2.24. The highest BCUT2D eigenvalue weighted by Crippen LogP contribution is 2.19. The number of carbonyl (C=O) groups excluding carboxylic acids is 3. The van der Waals surface area contributed by atoms with Gasteiger partial charge in [0.05, 0.1) is 12.5 Å². The molecule has 0 saturated carbocycles. The van der Waals surface area contributed by atoms with E-state index >= 15 is 0 Å². The molecule has 2 aromatic rings. The number of fused-ring (bicyclic) bond motifs is 1. The SMILES string of the molecule is CSCC[C@H](NC(=O)[C@H](CC(=O)O)NC(=O)[C@H](CCC(=O)O)NC(=O)[C@@H](N)Cc1c[nH]c2ccccc12)C(=O)O. The predicted molar refractivity (Wildman–Crippen MR) is 146 cm³/mol. The van der Waals surface area contributed by atoms with Crippen LogP contribution in [-0.2, 0) is 35.2 Å². The fourth-order valence-electron chi connectivity index (χ4n) is 3.87. The Morgan fingerprint density at radius 1 is 0.875 bits per heavy atom. The Labute approximate surface area is 233 Å². The van der Waals surface area contributed by atoms with Crippen LogP contribution in [0.5, 0.6) is 0 Å². The van der Waals surface area contributed by atoms with Gasteiger partial charge in [0.25, 0.3) is 0 Å². The molecule has 40 heavy (non-hydrogen) atoms. The third-order valence-electron chi connectivity index (χ3n) is 5.97. The summed E-state index contributed by atoms with van der Waals surface area (Å²) >= 11 is 1.35. The van der Waals surface area contributed by atoms with Gasteiger partial charge in [-0.3, -0.25) is 24.0 Å². The van der Waals surface area contributed by atoms with Gasteiger partial charge in [-0.05, 0) is 42.9 Å². The van der Waals surface area contributed by atoms with E-state index in [4.69, 9.17) is 10.8 Å². The van der Waals surface area contributed by atoms with Gasteiger partial charge >= 0.3 is 17.9 Å². The number of carboxylic acid groups (broad SMARTS) is 3. The van der Waals surface area contributed by atoms with Crippen LogP contribution in [0.3, 0.4) is 0 Å². The number of benzene rings is 1. The van der Waals surface area contributed by atoms with E-state index in [0.29, 0.717) is 5.75 Å². The summed E-state index contributed by atoms with van der Waals surface area (Å²) in [4.78, 5) is 75.7. The molecule has 218 valence electrons.